The number of carbonyl (C=O) groups is 2. The Labute approximate surface area is 190 Å². The summed E-state index contributed by atoms with van der Waals surface area (Å²) in [4.78, 5) is 30.6. The molecule has 2 amide bonds. The Morgan fingerprint density at radius 1 is 1.09 bits per heavy atom. The molecule has 1 aliphatic carbocycles. The largest absolute Gasteiger partial charge is 0.382 e. The standard InChI is InChI=1S/C24H25N7O2/c32-22-10-15(24(33)29-22)9-16-14-25-31-8-5-21(28-23(16)31)27-19-11-18(26-17-3-4-17)12-20(13-19)30-6-1-2-7-30/h5,8-9,11-14,17,26H,1-4,6-7,10H2,(H,27,28)(H,29,32,33)/b15-9-. The van der Waals surface area contributed by atoms with Gasteiger partial charge in [0.15, 0.2) is 5.65 Å². The van der Waals surface area contributed by atoms with Crippen LogP contribution in [0.4, 0.5) is 22.9 Å². The van der Waals surface area contributed by atoms with Crippen molar-refractivity contribution in [1.29, 1.82) is 0 Å². The van der Waals surface area contributed by atoms with Crippen LogP contribution in [0.15, 0.2) is 42.2 Å². The Morgan fingerprint density at radius 2 is 1.91 bits per heavy atom. The molecule has 168 valence electrons. The van der Waals surface area contributed by atoms with Crippen LogP contribution in [0.3, 0.4) is 0 Å². The maximum absolute atomic E-state index is 11.9. The molecule has 0 atom stereocenters. The van der Waals surface area contributed by atoms with Crippen LogP contribution < -0.4 is 20.9 Å². The Morgan fingerprint density at radius 3 is 2.67 bits per heavy atom. The van der Waals surface area contributed by atoms with Crippen LogP contribution in [-0.2, 0) is 9.59 Å². The number of carbonyl (C=O) groups excluding carboxylic acids is 2. The summed E-state index contributed by atoms with van der Waals surface area (Å²) in [5, 5.41) is 13.7. The fraction of sp³-hybridized carbons (Fsp3) is 0.333. The fourth-order valence-electron chi connectivity index (χ4n) is 4.40. The van der Waals surface area contributed by atoms with E-state index in [4.69, 9.17) is 4.98 Å². The number of rotatable bonds is 6. The van der Waals surface area contributed by atoms with Gasteiger partial charge in [0.2, 0.25) is 5.91 Å². The molecule has 3 fully saturated rings. The molecule has 2 aliphatic heterocycles. The van der Waals surface area contributed by atoms with Crippen LogP contribution >= 0.6 is 0 Å². The lowest BCUT2D eigenvalue weighted by Crippen LogP contribution is -2.19. The van der Waals surface area contributed by atoms with E-state index in [1.807, 2.05) is 12.3 Å². The van der Waals surface area contributed by atoms with Crippen LogP contribution in [0.1, 0.15) is 37.7 Å². The van der Waals surface area contributed by atoms with Crippen LogP contribution in [0.5, 0.6) is 0 Å². The number of benzene rings is 1. The number of nitrogens with one attached hydrogen (secondary N) is 3. The predicted molar refractivity (Wildman–Crippen MR) is 127 cm³/mol. The highest BCUT2D eigenvalue weighted by Crippen LogP contribution is 2.32. The zero-order valence-electron chi connectivity index (χ0n) is 18.2. The minimum absolute atomic E-state index is 0.0776. The Balaban J connectivity index is 1.31. The molecular formula is C24H25N7O2. The number of amides is 2. The van der Waals surface area contributed by atoms with E-state index in [0.717, 1.165) is 24.5 Å². The summed E-state index contributed by atoms with van der Waals surface area (Å²) >= 11 is 0. The molecule has 9 nitrogen and oxygen atoms in total. The van der Waals surface area contributed by atoms with Gasteiger partial charge in [0.25, 0.3) is 5.91 Å². The van der Waals surface area contributed by atoms with Gasteiger partial charge < -0.3 is 15.5 Å². The van der Waals surface area contributed by atoms with E-state index in [1.54, 1.807) is 16.8 Å². The number of nitrogens with zero attached hydrogens (tertiary/aromatic N) is 4. The van der Waals surface area contributed by atoms with Gasteiger partial charge in [-0.15, -0.1) is 0 Å². The van der Waals surface area contributed by atoms with Crippen molar-refractivity contribution in [3.05, 3.63) is 47.8 Å². The highest BCUT2D eigenvalue weighted by Gasteiger charge is 2.24. The molecule has 0 radical (unpaired) electrons. The molecule has 3 aromatic rings. The molecular weight excluding hydrogens is 418 g/mol. The van der Waals surface area contributed by atoms with Crippen molar-refractivity contribution in [3.8, 4) is 0 Å². The summed E-state index contributed by atoms with van der Waals surface area (Å²) in [7, 11) is 0. The fourth-order valence-corrected chi connectivity index (χ4v) is 4.40. The molecule has 4 heterocycles. The molecule has 0 unspecified atom stereocenters. The topological polar surface area (TPSA) is 104 Å². The zero-order chi connectivity index (χ0) is 22.4. The van der Waals surface area contributed by atoms with Crippen LogP contribution in [0.25, 0.3) is 11.7 Å². The first-order valence-corrected chi connectivity index (χ1v) is 11.4. The Bertz CT molecular complexity index is 1290. The third kappa shape index (κ3) is 4.13. The molecule has 3 aliphatic rings. The van der Waals surface area contributed by atoms with Gasteiger partial charge in [-0.05, 0) is 56.0 Å². The number of aromatic nitrogens is 3. The maximum Gasteiger partial charge on any atom is 0.254 e. The Hall–Kier alpha value is -3.88. The lowest BCUT2D eigenvalue weighted by atomic mass is 10.1. The highest BCUT2D eigenvalue weighted by molar-refractivity contribution is 6.15. The van der Waals surface area contributed by atoms with Gasteiger partial charge in [0.05, 0.1) is 12.6 Å². The lowest BCUT2D eigenvalue weighted by Gasteiger charge is -2.21. The van der Waals surface area contributed by atoms with Crippen LogP contribution in [0.2, 0.25) is 0 Å². The van der Waals surface area contributed by atoms with Crippen molar-refractivity contribution in [1.82, 2.24) is 19.9 Å². The van der Waals surface area contributed by atoms with Crippen LogP contribution in [0, 0.1) is 0 Å². The first-order valence-electron chi connectivity index (χ1n) is 11.4. The lowest BCUT2D eigenvalue weighted by molar-refractivity contribution is -0.124. The molecule has 33 heavy (non-hydrogen) atoms. The summed E-state index contributed by atoms with van der Waals surface area (Å²) in [5.74, 6) is 0.0418. The number of imide groups is 1. The van der Waals surface area contributed by atoms with E-state index in [-0.39, 0.29) is 18.2 Å². The number of hydrogen-bond acceptors (Lipinski definition) is 7. The molecule has 1 saturated carbocycles. The van der Waals surface area contributed by atoms with Gasteiger partial charge in [-0.2, -0.15) is 5.10 Å². The summed E-state index contributed by atoms with van der Waals surface area (Å²) in [5.41, 5.74) is 5.04. The van der Waals surface area contributed by atoms with Crippen molar-refractivity contribution < 1.29 is 9.59 Å². The summed E-state index contributed by atoms with van der Waals surface area (Å²) in [6.07, 6.45) is 10.1. The Kier molecular flexibility index (Phi) is 4.74. The minimum atomic E-state index is -0.358. The normalized spacial score (nSPS) is 19.5. The second-order valence-electron chi connectivity index (χ2n) is 8.91. The monoisotopic (exact) mass is 443 g/mol. The number of fused-ring (bicyclic) bond motifs is 1. The molecule has 0 spiro atoms. The predicted octanol–water partition coefficient (Wildman–Crippen LogP) is 3.08. The van der Waals surface area contributed by atoms with E-state index in [0.29, 0.717) is 28.6 Å². The minimum Gasteiger partial charge on any atom is -0.382 e. The molecule has 9 heteroatoms. The highest BCUT2D eigenvalue weighted by atomic mass is 16.2. The first-order chi connectivity index (χ1) is 16.1. The smallest absolute Gasteiger partial charge is 0.254 e. The van der Waals surface area contributed by atoms with Crippen molar-refractivity contribution in [3.63, 3.8) is 0 Å². The van der Waals surface area contributed by atoms with Gasteiger partial charge >= 0.3 is 0 Å². The van der Waals surface area contributed by atoms with Gasteiger partial charge in [0, 0.05) is 53.5 Å². The number of anilines is 4. The molecule has 6 rings (SSSR count). The summed E-state index contributed by atoms with van der Waals surface area (Å²) < 4.78 is 1.66. The van der Waals surface area contributed by atoms with Crippen molar-refractivity contribution >= 4 is 46.4 Å². The van der Waals surface area contributed by atoms with E-state index >= 15 is 0 Å². The van der Waals surface area contributed by atoms with Gasteiger partial charge in [-0.3, -0.25) is 14.9 Å². The molecule has 0 bridgehead atoms. The van der Waals surface area contributed by atoms with E-state index in [1.165, 1.54) is 31.4 Å². The summed E-state index contributed by atoms with van der Waals surface area (Å²) in [6.45, 7) is 2.17. The number of hydrogen-bond donors (Lipinski definition) is 3. The van der Waals surface area contributed by atoms with E-state index in [2.05, 4.69) is 44.1 Å². The SMILES string of the molecule is O=C1C/C(=C/c2cnn3ccc(Nc4cc(NC5CC5)cc(N5CCCC5)c4)nc23)C(=O)N1. The van der Waals surface area contributed by atoms with Crippen LogP contribution in [-0.4, -0.2) is 45.5 Å². The van der Waals surface area contributed by atoms with E-state index in [9.17, 15) is 9.59 Å². The molecule has 1 aromatic carbocycles. The third-order valence-electron chi connectivity index (χ3n) is 6.23. The van der Waals surface area contributed by atoms with Crippen molar-refractivity contribution in [2.45, 2.75) is 38.1 Å². The molecule has 3 N–H and O–H groups in total. The molecule has 2 saturated heterocycles. The summed E-state index contributed by atoms with van der Waals surface area (Å²) in [6, 6.07) is 8.98. The quantitative estimate of drug-likeness (QED) is 0.397. The first kappa shape index (κ1) is 19.8. The van der Waals surface area contributed by atoms with Crippen molar-refractivity contribution in [2.75, 3.05) is 28.6 Å². The van der Waals surface area contributed by atoms with Gasteiger partial charge in [-0.1, -0.05) is 0 Å². The average Bonchev–Trinajstić information content (AvgIpc) is 3.17. The van der Waals surface area contributed by atoms with Gasteiger partial charge in [0.1, 0.15) is 5.82 Å². The van der Waals surface area contributed by atoms with Gasteiger partial charge in [-0.25, -0.2) is 9.50 Å². The third-order valence-corrected chi connectivity index (χ3v) is 6.23. The molecule has 2 aromatic heterocycles. The van der Waals surface area contributed by atoms with E-state index < -0.39 is 0 Å². The zero-order valence-corrected chi connectivity index (χ0v) is 18.2. The second kappa shape index (κ2) is 7.91. The second-order valence-corrected chi connectivity index (χ2v) is 8.91. The average molecular weight is 444 g/mol. The van der Waals surface area contributed by atoms with Crippen molar-refractivity contribution in [2.24, 2.45) is 0 Å². The maximum atomic E-state index is 11.9.